The number of halogens is 1. The molecule has 8 heteroatoms. The van der Waals surface area contributed by atoms with Gasteiger partial charge in [-0.05, 0) is 6.92 Å². The maximum Gasteiger partial charge on any atom is 0.411 e. The SMILES string of the molecule is CCOC(=O)Nc1cc(Cl)nn2cnnc12. The Morgan fingerprint density at radius 1 is 1.69 bits per heavy atom. The van der Waals surface area contributed by atoms with Crippen LogP contribution in [-0.2, 0) is 4.74 Å². The molecule has 2 aromatic heterocycles. The fraction of sp³-hybridized carbons (Fsp3) is 0.250. The van der Waals surface area contributed by atoms with Gasteiger partial charge in [0, 0.05) is 6.07 Å². The predicted molar refractivity (Wildman–Crippen MR) is 56.4 cm³/mol. The van der Waals surface area contributed by atoms with Gasteiger partial charge >= 0.3 is 6.09 Å². The van der Waals surface area contributed by atoms with Crippen LogP contribution in [0.2, 0.25) is 5.15 Å². The highest BCUT2D eigenvalue weighted by Crippen LogP contribution is 2.17. The molecule has 0 atom stereocenters. The van der Waals surface area contributed by atoms with E-state index in [0.717, 1.165) is 0 Å². The first-order chi connectivity index (χ1) is 7.70. The van der Waals surface area contributed by atoms with Crippen molar-refractivity contribution in [1.29, 1.82) is 0 Å². The maximum atomic E-state index is 11.2. The monoisotopic (exact) mass is 241 g/mol. The molecule has 84 valence electrons. The lowest BCUT2D eigenvalue weighted by Crippen LogP contribution is -2.14. The molecule has 0 aromatic carbocycles. The molecule has 1 N–H and O–H groups in total. The fourth-order valence-corrected chi connectivity index (χ4v) is 1.36. The van der Waals surface area contributed by atoms with Gasteiger partial charge in [-0.2, -0.15) is 9.61 Å². The molecule has 0 radical (unpaired) electrons. The zero-order chi connectivity index (χ0) is 11.5. The number of aromatic nitrogens is 4. The molecule has 0 spiro atoms. The van der Waals surface area contributed by atoms with E-state index in [1.807, 2.05) is 0 Å². The molecule has 0 saturated carbocycles. The average molecular weight is 242 g/mol. The van der Waals surface area contributed by atoms with Crippen LogP contribution in [0, 0.1) is 0 Å². The molecule has 0 saturated heterocycles. The summed E-state index contributed by atoms with van der Waals surface area (Å²) in [4.78, 5) is 11.2. The summed E-state index contributed by atoms with van der Waals surface area (Å²) < 4.78 is 6.11. The van der Waals surface area contributed by atoms with Crippen LogP contribution in [0.3, 0.4) is 0 Å². The van der Waals surface area contributed by atoms with Gasteiger partial charge in [0.15, 0.2) is 5.15 Å². The lowest BCUT2D eigenvalue weighted by Gasteiger charge is -2.05. The first kappa shape index (κ1) is 10.6. The summed E-state index contributed by atoms with van der Waals surface area (Å²) in [6.07, 6.45) is 0.812. The number of carbonyl (C=O) groups excluding carboxylic acids is 1. The van der Waals surface area contributed by atoms with E-state index in [4.69, 9.17) is 16.3 Å². The van der Waals surface area contributed by atoms with Gasteiger partial charge in [0.25, 0.3) is 0 Å². The Morgan fingerprint density at radius 2 is 2.50 bits per heavy atom. The summed E-state index contributed by atoms with van der Waals surface area (Å²) in [7, 11) is 0. The van der Waals surface area contributed by atoms with Crippen molar-refractivity contribution < 1.29 is 9.53 Å². The van der Waals surface area contributed by atoms with Crippen LogP contribution in [0.15, 0.2) is 12.4 Å². The third kappa shape index (κ3) is 2.03. The molecule has 0 aliphatic rings. The lowest BCUT2D eigenvalue weighted by molar-refractivity contribution is 0.168. The van der Waals surface area contributed by atoms with Crippen LogP contribution >= 0.6 is 11.6 Å². The van der Waals surface area contributed by atoms with Gasteiger partial charge in [-0.1, -0.05) is 11.6 Å². The minimum absolute atomic E-state index is 0.221. The topological polar surface area (TPSA) is 81.4 Å². The van der Waals surface area contributed by atoms with Crippen LogP contribution in [0.4, 0.5) is 10.5 Å². The van der Waals surface area contributed by atoms with E-state index in [9.17, 15) is 4.79 Å². The van der Waals surface area contributed by atoms with Gasteiger partial charge in [0.2, 0.25) is 5.65 Å². The summed E-state index contributed by atoms with van der Waals surface area (Å²) in [5.41, 5.74) is 0.799. The van der Waals surface area contributed by atoms with E-state index < -0.39 is 6.09 Å². The van der Waals surface area contributed by atoms with Gasteiger partial charge in [-0.3, -0.25) is 5.32 Å². The molecule has 2 aromatic rings. The van der Waals surface area contributed by atoms with Crippen molar-refractivity contribution in [2.24, 2.45) is 0 Å². The number of carbonyl (C=O) groups is 1. The minimum Gasteiger partial charge on any atom is -0.450 e. The number of hydrogen-bond acceptors (Lipinski definition) is 5. The Morgan fingerprint density at radius 3 is 3.25 bits per heavy atom. The second kappa shape index (κ2) is 4.31. The largest absolute Gasteiger partial charge is 0.450 e. The number of fused-ring (bicyclic) bond motifs is 1. The molecule has 0 fully saturated rings. The molecular weight excluding hydrogens is 234 g/mol. The van der Waals surface area contributed by atoms with Crippen molar-refractivity contribution in [2.75, 3.05) is 11.9 Å². The smallest absolute Gasteiger partial charge is 0.411 e. The van der Waals surface area contributed by atoms with Gasteiger partial charge in [-0.25, -0.2) is 4.79 Å². The van der Waals surface area contributed by atoms with Gasteiger partial charge in [0.05, 0.1) is 12.3 Å². The molecular formula is C8H8ClN5O2. The highest BCUT2D eigenvalue weighted by molar-refractivity contribution is 6.29. The van der Waals surface area contributed by atoms with Crippen LogP contribution < -0.4 is 5.32 Å². The van der Waals surface area contributed by atoms with Gasteiger partial charge in [-0.15, -0.1) is 10.2 Å². The summed E-state index contributed by atoms with van der Waals surface area (Å²) >= 11 is 5.76. The quantitative estimate of drug-likeness (QED) is 0.858. The summed E-state index contributed by atoms with van der Waals surface area (Å²) in [6, 6.07) is 1.47. The second-order valence-electron chi connectivity index (χ2n) is 2.83. The van der Waals surface area contributed by atoms with E-state index in [0.29, 0.717) is 11.3 Å². The van der Waals surface area contributed by atoms with Crippen molar-refractivity contribution in [1.82, 2.24) is 19.8 Å². The summed E-state index contributed by atoms with van der Waals surface area (Å²) in [5.74, 6) is 0. The summed E-state index contributed by atoms with van der Waals surface area (Å²) in [6.45, 7) is 2.00. The normalized spacial score (nSPS) is 10.4. The van der Waals surface area contributed by atoms with Crippen molar-refractivity contribution >= 4 is 29.0 Å². The van der Waals surface area contributed by atoms with Crippen molar-refractivity contribution in [3.05, 3.63) is 17.5 Å². The average Bonchev–Trinajstić information content (AvgIpc) is 2.65. The number of ether oxygens (including phenoxy) is 1. The van der Waals surface area contributed by atoms with E-state index in [-0.39, 0.29) is 11.8 Å². The van der Waals surface area contributed by atoms with E-state index in [1.54, 1.807) is 6.92 Å². The fourth-order valence-electron chi connectivity index (χ4n) is 1.16. The molecule has 2 heterocycles. The number of nitrogens with one attached hydrogen (secondary N) is 1. The van der Waals surface area contributed by atoms with E-state index >= 15 is 0 Å². The highest BCUT2D eigenvalue weighted by Gasteiger charge is 2.10. The molecule has 0 aliphatic heterocycles. The molecule has 7 nitrogen and oxygen atoms in total. The zero-order valence-corrected chi connectivity index (χ0v) is 9.10. The molecule has 0 unspecified atom stereocenters. The Bertz CT molecular complexity index is 526. The number of rotatable bonds is 2. The predicted octanol–water partition coefficient (Wildman–Crippen LogP) is 1.35. The summed E-state index contributed by atoms with van der Waals surface area (Å²) in [5, 5.41) is 14.1. The maximum absolute atomic E-state index is 11.2. The minimum atomic E-state index is -0.574. The van der Waals surface area contributed by atoms with Crippen LogP contribution in [-0.4, -0.2) is 32.5 Å². The molecule has 2 rings (SSSR count). The number of amides is 1. The first-order valence-corrected chi connectivity index (χ1v) is 4.89. The van der Waals surface area contributed by atoms with Crippen molar-refractivity contribution in [3.8, 4) is 0 Å². The van der Waals surface area contributed by atoms with Crippen LogP contribution in [0.25, 0.3) is 5.65 Å². The van der Waals surface area contributed by atoms with Crippen molar-refractivity contribution in [3.63, 3.8) is 0 Å². The van der Waals surface area contributed by atoms with Gasteiger partial charge < -0.3 is 4.74 Å². The van der Waals surface area contributed by atoms with E-state index in [2.05, 4.69) is 20.6 Å². The zero-order valence-electron chi connectivity index (χ0n) is 8.35. The van der Waals surface area contributed by atoms with Crippen LogP contribution in [0.5, 0.6) is 0 Å². The van der Waals surface area contributed by atoms with Crippen molar-refractivity contribution in [2.45, 2.75) is 6.92 Å². The number of nitrogens with zero attached hydrogens (tertiary/aromatic N) is 4. The number of hydrogen-bond donors (Lipinski definition) is 1. The molecule has 0 bridgehead atoms. The molecule has 16 heavy (non-hydrogen) atoms. The molecule has 1 amide bonds. The highest BCUT2D eigenvalue weighted by atomic mass is 35.5. The molecule has 0 aliphatic carbocycles. The first-order valence-electron chi connectivity index (χ1n) is 4.51. The second-order valence-corrected chi connectivity index (χ2v) is 3.21. The van der Waals surface area contributed by atoms with E-state index in [1.165, 1.54) is 16.9 Å². The Hall–Kier alpha value is -1.89. The Labute approximate surface area is 95.4 Å². The van der Waals surface area contributed by atoms with Crippen LogP contribution in [0.1, 0.15) is 6.92 Å². The Balaban J connectivity index is 2.35. The third-order valence-electron chi connectivity index (χ3n) is 1.75. The van der Waals surface area contributed by atoms with Gasteiger partial charge in [0.1, 0.15) is 6.33 Å². The lowest BCUT2D eigenvalue weighted by atomic mass is 10.4. The number of anilines is 1. The standard InChI is InChI=1S/C8H8ClN5O2/c1-2-16-8(15)11-5-3-6(9)13-14-4-10-12-7(5)14/h3-4H,2H2,1H3,(H,11,15). The Kier molecular flexibility index (Phi) is 2.86. The third-order valence-corrected chi connectivity index (χ3v) is 1.93.